The van der Waals surface area contributed by atoms with Crippen molar-refractivity contribution < 1.29 is 19.3 Å². The number of amides is 1. The summed E-state index contributed by atoms with van der Waals surface area (Å²) >= 11 is 12.5. The van der Waals surface area contributed by atoms with Gasteiger partial charge < -0.3 is 24.2 Å². The Kier molecular flexibility index (Phi) is 6.27. The van der Waals surface area contributed by atoms with Crippen molar-refractivity contribution in [3.8, 4) is 0 Å². The molecule has 198 valence electrons. The first-order valence-electron chi connectivity index (χ1n) is 12.6. The number of benzene rings is 2. The molecule has 0 aliphatic carbocycles. The summed E-state index contributed by atoms with van der Waals surface area (Å²) in [6.07, 6.45) is 2.37. The van der Waals surface area contributed by atoms with Crippen LogP contribution in [0.4, 0.5) is 0 Å². The zero-order valence-electron chi connectivity index (χ0n) is 21.7. The molecule has 0 saturated carbocycles. The quantitative estimate of drug-likeness (QED) is 0.329. The number of oxime groups is 1. The van der Waals surface area contributed by atoms with E-state index in [1.165, 1.54) is 0 Å². The van der Waals surface area contributed by atoms with E-state index in [1.54, 1.807) is 12.1 Å². The van der Waals surface area contributed by atoms with Crippen molar-refractivity contribution >= 4 is 52.9 Å². The third-order valence-electron chi connectivity index (χ3n) is 7.46. The lowest BCUT2D eigenvalue weighted by Gasteiger charge is -2.22. The van der Waals surface area contributed by atoms with Crippen molar-refractivity contribution in [2.75, 3.05) is 0 Å². The van der Waals surface area contributed by atoms with Crippen LogP contribution >= 0.6 is 23.2 Å². The molecule has 2 aromatic heterocycles. The molecule has 7 nitrogen and oxygen atoms in total. The highest BCUT2D eigenvalue weighted by Gasteiger charge is 2.40. The lowest BCUT2D eigenvalue weighted by Crippen LogP contribution is -2.29. The first-order chi connectivity index (χ1) is 18.5. The van der Waals surface area contributed by atoms with Crippen LogP contribution in [0.1, 0.15) is 59.9 Å². The molecule has 4 aromatic rings. The van der Waals surface area contributed by atoms with Crippen LogP contribution in [0.25, 0.3) is 5.52 Å². The summed E-state index contributed by atoms with van der Waals surface area (Å²) < 4.78 is 7.50. The summed E-state index contributed by atoms with van der Waals surface area (Å²) in [7, 11) is -0.935. The van der Waals surface area contributed by atoms with Gasteiger partial charge in [-0.25, -0.2) is 0 Å². The monoisotopic (exact) mass is 561 g/mol. The third kappa shape index (κ3) is 4.61. The molecule has 39 heavy (non-hydrogen) atoms. The van der Waals surface area contributed by atoms with Crippen LogP contribution in [0.3, 0.4) is 0 Å². The summed E-state index contributed by atoms with van der Waals surface area (Å²) in [6, 6.07) is 18.6. The SMILES string of the molecule is CC1(C)OB(O)c2ccc(CNC(=O)c3ccc(C4=NOC(C)(c5cc(Cl)cc(Cl)c5)C4)c4cccn34)cc21. The Morgan fingerprint density at radius 3 is 2.64 bits per heavy atom. The Labute approximate surface area is 236 Å². The molecule has 6 rings (SSSR count). The number of fused-ring (bicyclic) bond motifs is 2. The molecule has 1 unspecified atom stereocenters. The molecule has 4 heterocycles. The molecule has 0 bridgehead atoms. The van der Waals surface area contributed by atoms with Crippen LogP contribution in [-0.4, -0.2) is 28.2 Å². The number of nitrogens with one attached hydrogen (secondary N) is 1. The van der Waals surface area contributed by atoms with Crippen molar-refractivity contribution in [2.45, 2.75) is 44.9 Å². The highest BCUT2D eigenvalue weighted by molar-refractivity contribution is 6.61. The number of carbonyl (C=O) groups is 1. The number of aromatic nitrogens is 1. The minimum atomic E-state index is -0.935. The van der Waals surface area contributed by atoms with Gasteiger partial charge in [0, 0.05) is 40.3 Å². The van der Waals surface area contributed by atoms with Crippen LogP contribution in [0, 0.1) is 0 Å². The Balaban J connectivity index is 1.22. The highest BCUT2D eigenvalue weighted by atomic mass is 35.5. The molecule has 2 aliphatic heterocycles. The highest BCUT2D eigenvalue weighted by Crippen LogP contribution is 2.39. The number of pyridine rings is 1. The summed E-state index contributed by atoms with van der Waals surface area (Å²) in [5, 5.41) is 18.6. The number of carbonyl (C=O) groups excluding carboxylic acids is 1. The number of hydrogen-bond acceptors (Lipinski definition) is 5. The van der Waals surface area contributed by atoms with Crippen molar-refractivity contribution in [2.24, 2.45) is 5.16 Å². The van der Waals surface area contributed by atoms with Gasteiger partial charge in [-0.15, -0.1) is 0 Å². The molecule has 10 heteroatoms. The van der Waals surface area contributed by atoms with Gasteiger partial charge in [0.25, 0.3) is 5.91 Å². The van der Waals surface area contributed by atoms with Gasteiger partial charge in [-0.2, -0.15) is 0 Å². The second-order valence-corrected chi connectivity index (χ2v) is 11.5. The van der Waals surface area contributed by atoms with E-state index < -0.39 is 18.3 Å². The summed E-state index contributed by atoms with van der Waals surface area (Å²) in [6.45, 7) is 6.13. The summed E-state index contributed by atoms with van der Waals surface area (Å²) in [4.78, 5) is 19.2. The Morgan fingerprint density at radius 1 is 1.10 bits per heavy atom. The maximum atomic E-state index is 13.3. The average Bonchev–Trinajstić information content (AvgIpc) is 3.58. The zero-order valence-corrected chi connectivity index (χ0v) is 23.2. The largest absolute Gasteiger partial charge is 0.492 e. The summed E-state index contributed by atoms with van der Waals surface area (Å²) in [5.74, 6) is -0.207. The molecule has 2 N–H and O–H groups in total. The molecule has 2 aromatic carbocycles. The third-order valence-corrected chi connectivity index (χ3v) is 7.90. The minimum absolute atomic E-state index is 0.207. The van der Waals surface area contributed by atoms with Crippen LogP contribution in [0.5, 0.6) is 0 Å². The molecule has 1 amide bonds. The Bertz CT molecular complexity index is 1650. The number of halogens is 2. The predicted octanol–water partition coefficient (Wildman–Crippen LogP) is 5.17. The van der Waals surface area contributed by atoms with E-state index in [0.29, 0.717) is 28.7 Å². The molecular weight excluding hydrogens is 536 g/mol. The number of nitrogens with zero attached hydrogens (tertiary/aromatic N) is 2. The maximum absolute atomic E-state index is 13.3. The van der Waals surface area contributed by atoms with Crippen LogP contribution in [0.15, 0.2) is 72.0 Å². The lowest BCUT2D eigenvalue weighted by atomic mass is 9.78. The Morgan fingerprint density at radius 2 is 1.87 bits per heavy atom. The fourth-order valence-electron chi connectivity index (χ4n) is 5.39. The molecular formula is C29H26BCl2N3O4. The first-order valence-corrected chi connectivity index (χ1v) is 13.4. The van der Waals surface area contributed by atoms with Crippen molar-refractivity contribution in [1.29, 1.82) is 0 Å². The lowest BCUT2D eigenvalue weighted by molar-refractivity contribution is -0.00737. The molecule has 0 fully saturated rings. The second kappa shape index (κ2) is 9.42. The smallest absolute Gasteiger partial charge is 0.423 e. The van der Waals surface area contributed by atoms with E-state index in [2.05, 4.69) is 10.5 Å². The van der Waals surface area contributed by atoms with Gasteiger partial charge in [0.1, 0.15) is 5.69 Å². The van der Waals surface area contributed by atoms with Gasteiger partial charge in [0.05, 0.1) is 16.8 Å². The van der Waals surface area contributed by atoms with E-state index in [1.807, 2.05) is 79.9 Å². The molecule has 1 atom stereocenters. The van der Waals surface area contributed by atoms with Gasteiger partial charge in [0.2, 0.25) is 0 Å². The van der Waals surface area contributed by atoms with Crippen LogP contribution in [-0.2, 0) is 27.2 Å². The normalized spacial score (nSPS) is 19.6. The van der Waals surface area contributed by atoms with Gasteiger partial charge >= 0.3 is 7.12 Å². The molecule has 0 saturated heterocycles. The standard InChI is InChI=1S/C29H26BCl2N3O4/c1-28(2)22-11-17(6-8-23(22)30(37)38-28)16-33-27(36)26-9-7-21(25-5-4-10-35(25)26)24-15-29(3,39-34-24)18-12-19(31)14-20(32)13-18/h4-14,37H,15-16H2,1-3H3,(H,33,36). The van der Waals surface area contributed by atoms with Crippen molar-refractivity contribution in [1.82, 2.24) is 9.72 Å². The van der Waals surface area contributed by atoms with E-state index in [9.17, 15) is 9.82 Å². The first kappa shape index (κ1) is 26.0. The van der Waals surface area contributed by atoms with E-state index >= 15 is 0 Å². The number of hydrogen-bond donors (Lipinski definition) is 2. The van der Waals surface area contributed by atoms with Gasteiger partial charge in [-0.1, -0.05) is 46.6 Å². The fourth-order valence-corrected chi connectivity index (χ4v) is 5.92. The maximum Gasteiger partial charge on any atom is 0.492 e. The second-order valence-electron chi connectivity index (χ2n) is 10.7. The average molecular weight is 562 g/mol. The zero-order chi connectivity index (χ0) is 27.5. The van der Waals surface area contributed by atoms with Crippen LogP contribution < -0.4 is 10.8 Å². The molecule has 2 aliphatic rings. The molecule has 0 spiro atoms. The van der Waals surface area contributed by atoms with Gasteiger partial charge in [-0.3, -0.25) is 4.79 Å². The Hall–Kier alpha value is -3.30. The van der Waals surface area contributed by atoms with E-state index in [0.717, 1.165) is 38.9 Å². The topological polar surface area (TPSA) is 84.6 Å². The van der Waals surface area contributed by atoms with Gasteiger partial charge in [0.15, 0.2) is 5.60 Å². The van der Waals surface area contributed by atoms with Gasteiger partial charge in [-0.05, 0) is 79.8 Å². The predicted molar refractivity (Wildman–Crippen MR) is 153 cm³/mol. The van der Waals surface area contributed by atoms with E-state index in [-0.39, 0.29) is 5.91 Å². The molecule has 0 radical (unpaired) electrons. The fraction of sp³-hybridized carbons (Fsp3) is 0.241. The van der Waals surface area contributed by atoms with E-state index in [4.69, 9.17) is 32.7 Å². The van der Waals surface area contributed by atoms with Crippen LogP contribution in [0.2, 0.25) is 10.0 Å². The number of rotatable bonds is 5. The van der Waals surface area contributed by atoms with Crippen molar-refractivity contribution in [3.05, 3.63) is 105 Å². The van der Waals surface area contributed by atoms with Crippen molar-refractivity contribution in [3.63, 3.8) is 0 Å². The minimum Gasteiger partial charge on any atom is -0.423 e. The summed E-state index contributed by atoms with van der Waals surface area (Å²) in [5.41, 5.74) is 5.15.